The molecule has 10 heteroatoms. The van der Waals surface area contributed by atoms with Gasteiger partial charge in [0.15, 0.2) is 11.6 Å². The van der Waals surface area contributed by atoms with E-state index in [0.29, 0.717) is 11.3 Å². The number of hydrogen-bond acceptors (Lipinski definition) is 6. The summed E-state index contributed by atoms with van der Waals surface area (Å²) >= 11 is 0. The first-order chi connectivity index (χ1) is 16.3. The predicted molar refractivity (Wildman–Crippen MR) is 128 cm³/mol. The molecule has 0 saturated carbocycles. The summed E-state index contributed by atoms with van der Waals surface area (Å²) in [7, 11) is 0. The third-order valence-corrected chi connectivity index (χ3v) is 5.49. The summed E-state index contributed by atoms with van der Waals surface area (Å²) in [4.78, 5) is 16.3. The van der Waals surface area contributed by atoms with Crippen LogP contribution in [0.15, 0.2) is 54.7 Å². The Morgan fingerprint density at radius 1 is 1.12 bits per heavy atom. The number of nitrogens with two attached hydrogens (primary N) is 2. The molecule has 0 aliphatic carbocycles. The number of aryl methyl sites for hydroxylation is 1. The highest BCUT2D eigenvalue weighted by Crippen LogP contribution is 2.29. The van der Waals surface area contributed by atoms with Crippen molar-refractivity contribution in [3.8, 4) is 0 Å². The van der Waals surface area contributed by atoms with E-state index in [9.17, 15) is 13.6 Å². The van der Waals surface area contributed by atoms with E-state index >= 15 is 0 Å². The van der Waals surface area contributed by atoms with E-state index in [1.54, 1.807) is 25.3 Å². The van der Waals surface area contributed by atoms with Crippen molar-refractivity contribution in [2.24, 2.45) is 11.5 Å². The third kappa shape index (κ3) is 4.67. The maximum absolute atomic E-state index is 14.9. The summed E-state index contributed by atoms with van der Waals surface area (Å²) < 4.78 is 30.1. The molecule has 176 valence electrons. The van der Waals surface area contributed by atoms with Crippen LogP contribution in [-0.4, -0.2) is 26.7 Å². The second kappa shape index (κ2) is 9.44. The number of aromatic nitrogens is 3. The highest BCUT2D eigenvalue weighted by atomic mass is 19.1. The third-order valence-electron chi connectivity index (χ3n) is 5.49. The second-order valence-corrected chi connectivity index (χ2v) is 7.97. The zero-order valence-electron chi connectivity index (χ0n) is 18.7. The molecule has 0 unspecified atom stereocenters. The Hall–Kier alpha value is -4.05. The number of anilines is 3. The van der Waals surface area contributed by atoms with Gasteiger partial charge in [0.25, 0.3) is 5.91 Å². The summed E-state index contributed by atoms with van der Waals surface area (Å²) in [5, 5.41) is 11.2. The average molecular weight is 466 g/mol. The maximum atomic E-state index is 14.9. The SMILES string of the molecule is CCn1ncc2cc(Nc3nc(N[C@H](c4ccc(F)cc4)[C@H](C)N)c(F)cc3C(N)=O)ccc21. The minimum atomic E-state index is -0.831. The summed E-state index contributed by atoms with van der Waals surface area (Å²) in [6.07, 6.45) is 1.74. The Morgan fingerprint density at radius 2 is 1.85 bits per heavy atom. The van der Waals surface area contributed by atoms with Crippen molar-refractivity contribution in [1.29, 1.82) is 0 Å². The standard InChI is InChI=1S/C24H25F2N7O/c1-3-33-20-9-8-17(10-15(20)12-29-33)30-23-18(22(28)34)11-19(26)24(32-23)31-21(13(2)27)14-4-6-16(25)7-5-14/h4-13,21H,3,27H2,1-2H3,(H2,28,34)(H2,30,31,32)/t13-,21-/m0/s1. The molecule has 0 radical (unpaired) electrons. The van der Waals surface area contributed by atoms with Gasteiger partial charge in [0.1, 0.15) is 11.6 Å². The van der Waals surface area contributed by atoms with Gasteiger partial charge in [-0.2, -0.15) is 5.10 Å². The molecule has 0 bridgehead atoms. The van der Waals surface area contributed by atoms with Crippen LogP contribution in [0.1, 0.15) is 35.8 Å². The van der Waals surface area contributed by atoms with Gasteiger partial charge in [-0.1, -0.05) is 12.1 Å². The van der Waals surface area contributed by atoms with Crippen molar-refractivity contribution in [2.45, 2.75) is 32.5 Å². The summed E-state index contributed by atoms with van der Waals surface area (Å²) in [6, 6.07) is 11.3. The van der Waals surface area contributed by atoms with Gasteiger partial charge in [-0.25, -0.2) is 13.8 Å². The molecule has 4 aromatic rings. The lowest BCUT2D eigenvalue weighted by Gasteiger charge is -2.24. The fraction of sp³-hybridized carbons (Fsp3) is 0.208. The van der Waals surface area contributed by atoms with Crippen LogP contribution in [0.4, 0.5) is 26.1 Å². The van der Waals surface area contributed by atoms with E-state index in [1.807, 2.05) is 29.8 Å². The van der Waals surface area contributed by atoms with Crippen LogP contribution in [0.5, 0.6) is 0 Å². The molecule has 2 heterocycles. The number of nitrogens with one attached hydrogen (secondary N) is 2. The zero-order valence-corrected chi connectivity index (χ0v) is 18.7. The van der Waals surface area contributed by atoms with E-state index in [1.165, 1.54) is 12.1 Å². The van der Waals surface area contributed by atoms with Gasteiger partial charge >= 0.3 is 0 Å². The van der Waals surface area contributed by atoms with Crippen LogP contribution in [0, 0.1) is 11.6 Å². The van der Waals surface area contributed by atoms with Crippen molar-refractivity contribution in [3.05, 3.63) is 77.5 Å². The van der Waals surface area contributed by atoms with Gasteiger partial charge in [0, 0.05) is 23.7 Å². The fourth-order valence-electron chi connectivity index (χ4n) is 3.76. The van der Waals surface area contributed by atoms with Crippen LogP contribution in [-0.2, 0) is 6.54 Å². The first kappa shape index (κ1) is 23.1. The summed E-state index contributed by atoms with van der Waals surface area (Å²) in [6.45, 7) is 4.46. The maximum Gasteiger partial charge on any atom is 0.252 e. The highest BCUT2D eigenvalue weighted by Gasteiger charge is 2.22. The lowest BCUT2D eigenvalue weighted by molar-refractivity contribution is 0.100. The van der Waals surface area contributed by atoms with E-state index < -0.39 is 29.6 Å². The first-order valence-corrected chi connectivity index (χ1v) is 10.8. The minimum absolute atomic E-state index is 0.0844. The molecule has 34 heavy (non-hydrogen) atoms. The number of amides is 1. The van der Waals surface area contributed by atoms with Crippen LogP contribution >= 0.6 is 0 Å². The Bertz CT molecular complexity index is 1340. The predicted octanol–water partition coefficient (Wildman–Crippen LogP) is 4.07. The number of halogens is 2. The molecule has 2 atom stereocenters. The number of benzene rings is 2. The molecule has 1 amide bonds. The van der Waals surface area contributed by atoms with Crippen molar-refractivity contribution in [3.63, 3.8) is 0 Å². The molecule has 8 nitrogen and oxygen atoms in total. The monoisotopic (exact) mass is 465 g/mol. The normalized spacial score (nSPS) is 13.0. The number of carbonyl (C=O) groups excluding carboxylic acids is 1. The van der Waals surface area contributed by atoms with Gasteiger partial charge in [0.05, 0.1) is 23.3 Å². The van der Waals surface area contributed by atoms with Gasteiger partial charge in [-0.05, 0) is 55.8 Å². The Kier molecular flexibility index (Phi) is 6.42. The largest absolute Gasteiger partial charge is 0.365 e. The molecule has 0 aliphatic rings. The topological polar surface area (TPSA) is 124 Å². The van der Waals surface area contributed by atoms with Crippen molar-refractivity contribution in [2.75, 3.05) is 10.6 Å². The smallest absolute Gasteiger partial charge is 0.252 e. The van der Waals surface area contributed by atoms with Gasteiger partial charge < -0.3 is 22.1 Å². The van der Waals surface area contributed by atoms with Gasteiger partial charge in [-0.15, -0.1) is 0 Å². The van der Waals surface area contributed by atoms with E-state index in [0.717, 1.165) is 23.5 Å². The molecule has 6 N–H and O–H groups in total. The van der Waals surface area contributed by atoms with Crippen molar-refractivity contribution >= 4 is 34.1 Å². The van der Waals surface area contributed by atoms with Gasteiger partial charge in [-0.3, -0.25) is 9.48 Å². The van der Waals surface area contributed by atoms with E-state index in [-0.39, 0.29) is 17.2 Å². The minimum Gasteiger partial charge on any atom is -0.365 e. The van der Waals surface area contributed by atoms with Crippen molar-refractivity contribution in [1.82, 2.24) is 14.8 Å². The number of hydrogen-bond donors (Lipinski definition) is 4. The van der Waals surface area contributed by atoms with E-state index in [2.05, 4.69) is 20.7 Å². The van der Waals surface area contributed by atoms with Crippen LogP contribution in [0.25, 0.3) is 10.9 Å². The quantitative estimate of drug-likeness (QED) is 0.311. The van der Waals surface area contributed by atoms with Crippen LogP contribution < -0.4 is 22.1 Å². The molecular formula is C24H25F2N7O. The van der Waals surface area contributed by atoms with E-state index in [4.69, 9.17) is 11.5 Å². The van der Waals surface area contributed by atoms with Crippen LogP contribution in [0.2, 0.25) is 0 Å². The first-order valence-electron chi connectivity index (χ1n) is 10.8. The van der Waals surface area contributed by atoms with Crippen LogP contribution in [0.3, 0.4) is 0 Å². The highest BCUT2D eigenvalue weighted by molar-refractivity contribution is 5.99. The Balaban J connectivity index is 1.70. The Labute approximate surface area is 195 Å². The molecule has 0 saturated heterocycles. The Morgan fingerprint density at radius 3 is 2.50 bits per heavy atom. The second-order valence-electron chi connectivity index (χ2n) is 7.97. The fourth-order valence-corrected chi connectivity index (χ4v) is 3.76. The number of carbonyl (C=O) groups is 1. The average Bonchev–Trinajstić information content (AvgIpc) is 3.21. The number of pyridine rings is 1. The molecule has 2 aromatic carbocycles. The summed E-state index contributed by atoms with van der Waals surface area (Å²) in [5.74, 6) is -2.04. The zero-order chi connectivity index (χ0) is 24.4. The lowest BCUT2D eigenvalue weighted by atomic mass is 10.0. The molecule has 2 aromatic heterocycles. The van der Waals surface area contributed by atoms with Crippen molar-refractivity contribution < 1.29 is 13.6 Å². The number of primary amides is 1. The van der Waals surface area contributed by atoms with Gasteiger partial charge in [0.2, 0.25) is 0 Å². The summed E-state index contributed by atoms with van der Waals surface area (Å²) in [5.41, 5.74) is 13.7. The molecule has 0 spiro atoms. The number of nitrogens with zero attached hydrogens (tertiary/aromatic N) is 3. The lowest BCUT2D eigenvalue weighted by Crippen LogP contribution is -2.31. The molecule has 0 fully saturated rings. The molecular weight excluding hydrogens is 440 g/mol. The number of fused-ring (bicyclic) bond motifs is 1. The molecule has 4 rings (SSSR count). The number of rotatable bonds is 8. The molecule has 0 aliphatic heterocycles.